The second-order valence-corrected chi connectivity index (χ2v) is 15.0. The maximum atomic E-state index is 14.2. The van der Waals surface area contributed by atoms with Crippen molar-refractivity contribution in [1.82, 2.24) is 19.8 Å². The fourth-order valence-electron chi connectivity index (χ4n) is 7.06. The number of ether oxygens (including phenoxy) is 1. The van der Waals surface area contributed by atoms with Crippen molar-refractivity contribution in [2.24, 2.45) is 0 Å². The van der Waals surface area contributed by atoms with Gasteiger partial charge in [-0.2, -0.15) is 0 Å². The van der Waals surface area contributed by atoms with Crippen LogP contribution in [0.5, 0.6) is 0 Å². The van der Waals surface area contributed by atoms with Gasteiger partial charge < -0.3 is 14.5 Å². The third kappa shape index (κ3) is 7.07. The Bertz CT molecular complexity index is 2520. The molecule has 12 nitrogen and oxygen atoms in total. The van der Waals surface area contributed by atoms with E-state index in [4.69, 9.17) is 4.74 Å². The highest BCUT2D eigenvalue weighted by atomic mass is 32.1. The monoisotopic (exact) mass is 782 g/mol. The molecule has 0 spiro atoms. The Hall–Kier alpha value is -6.51. The summed E-state index contributed by atoms with van der Waals surface area (Å²) in [4.78, 5) is 79.9. The summed E-state index contributed by atoms with van der Waals surface area (Å²) < 4.78 is 5.03. The standard InChI is InChI=1S/C42H34N6O6S2/c1-3-54-40(53)33-23-56-42(44-33)46-36(49)34(25-10-5-4-6-11-25)47-21-30-17-16-27(19-32(30)39(47)52)26-13-9-14-28(18-26)35(37(50)45-41-43-24(2)22-55-41)48-20-29-12-7-8-15-31(29)38(48)51/h4-19,22-23,34-35H,3,20-21H2,1-2H3,(H,43,45,50)(H,44,46,49)/t34-,35-/m1/s1. The zero-order valence-corrected chi connectivity index (χ0v) is 31.9. The van der Waals surface area contributed by atoms with E-state index in [9.17, 15) is 24.0 Å². The molecule has 2 aliphatic rings. The molecule has 2 atom stereocenters. The lowest BCUT2D eigenvalue weighted by atomic mass is 9.96. The molecule has 0 saturated carbocycles. The third-order valence-corrected chi connectivity index (χ3v) is 11.3. The molecule has 0 radical (unpaired) electrons. The van der Waals surface area contributed by atoms with E-state index < -0.39 is 29.9 Å². The van der Waals surface area contributed by atoms with Crippen LogP contribution in [0.2, 0.25) is 0 Å². The predicted octanol–water partition coefficient (Wildman–Crippen LogP) is 7.42. The summed E-state index contributed by atoms with van der Waals surface area (Å²) in [5, 5.41) is 9.72. The highest BCUT2D eigenvalue weighted by Crippen LogP contribution is 2.37. The van der Waals surface area contributed by atoms with Crippen LogP contribution in [0.25, 0.3) is 11.1 Å². The molecule has 0 unspecified atom stereocenters. The number of carbonyl (C=O) groups is 5. The first-order chi connectivity index (χ1) is 27.2. The van der Waals surface area contributed by atoms with Gasteiger partial charge in [0.1, 0.15) is 12.1 Å². The zero-order chi connectivity index (χ0) is 38.9. The molecule has 0 fully saturated rings. The SMILES string of the molecule is CCOC(=O)c1csc(NC(=O)[C@@H](c2ccccc2)N2Cc3ccc(-c4cccc([C@H](C(=O)Nc5nc(C)cs5)N5Cc6ccccc6C5=O)c4)cc3C2=O)n1. The van der Waals surface area contributed by atoms with E-state index in [1.54, 1.807) is 48.2 Å². The van der Waals surface area contributed by atoms with Gasteiger partial charge in [0.2, 0.25) is 0 Å². The van der Waals surface area contributed by atoms with Gasteiger partial charge in [-0.1, -0.05) is 78.9 Å². The minimum atomic E-state index is -0.999. The number of carbonyl (C=O) groups excluding carboxylic acids is 5. The largest absolute Gasteiger partial charge is 0.461 e. The summed E-state index contributed by atoms with van der Waals surface area (Å²) in [5.74, 6) is -2.03. The average Bonchev–Trinajstić information content (AvgIpc) is 3.99. The molecule has 4 aromatic carbocycles. The maximum Gasteiger partial charge on any atom is 0.357 e. The number of aromatic nitrogens is 2. The average molecular weight is 783 g/mol. The number of hydrogen-bond donors (Lipinski definition) is 2. The van der Waals surface area contributed by atoms with E-state index in [1.165, 1.54) is 21.6 Å². The fourth-order valence-corrected chi connectivity index (χ4v) is 8.43. The van der Waals surface area contributed by atoms with Crippen molar-refractivity contribution in [1.29, 1.82) is 0 Å². The van der Waals surface area contributed by atoms with Gasteiger partial charge in [-0.05, 0) is 65.4 Å². The number of benzene rings is 4. The maximum absolute atomic E-state index is 14.2. The molecule has 0 bridgehead atoms. The number of hydrogen-bond acceptors (Lipinski definition) is 10. The molecule has 14 heteroatoms. The molecule has 2 N–H and O–H groups in total. The van der Waals surface area contributed by atoms with Crippen LogP contribution in [0.1, 0.15) is 78.2 Å². The number of anilines is 2. The molecule has 0 saturated heterocycles. The van der Waals surface area contributed by atoms with Crippen molar-refractivity contribution in [2.75, 3.05) is 17.2 Å². The van der Waals surface area contributed by atoms with Gasteiger partial charge in [-0.3, -0.25) is 29.8 Å². The summed E-state index contributed by atoms with van der Waals surface area (Å²) in [6.07, 6.45) is 0. The van der Waals surface area contributed by atoms with E-state index in [-0.39, 0.29) is 42.3 Å². The summed E-state index contributed by atoms with van der Waals surface area (Å²) in [5.41, 5.74) is 6.12. The molecule has 280 valence electrons. The van der Waals surface area contributed by atoms with Crippen molar-refractivity contribution < 1.29 is 28.7 Å². The van der Waals surface area contributed by atoms with Gasteiger partial charge in [-0.25, -0.2) is 14.8 Å². The Morgan fingerprint density at radius 2 is 1.30 bits per heavy atom. The molecule has 0 aliphatic carbocycles. The number of nitrogens with zero attached hydrogens (tertiary/aromatic N) is 4. The topological polar surface area (TPSA) is 151 Å². The Morgan fingerprint density at radius 1 is 0.696 bits per heavy atom. The van der Waals surface area contributed by atoms with Gasteiger partial charge in [0.25, 0.3) is 23.6 Å². The predicted molar refractivity (Wildman–Crippen MR) is 212 cm³/mol. The first kappa shape index (κ1) is 36.5. The molecular formula is C42H34N6O6S2. The van der Waals surface area contributed by atoms with E-state index in [2.05, 4.69) is 20.6 Å². The van der Waals surface area contributed by atoms with E-state index in [0.29, 0.717) is 27.4 Å². The van der Waals surface area contributed by atoms with Gasteiger partial charge >= 0.3 is 5.97 Å². The molecule has 2 aromatic heterocycles. The van der Waals surface area contributed by atoms with Gasteiger partial charge in [0, 0.05) is 35.0 Å². The molecule has 6 aromatic rings. The lowest BCUT2D eigenvalue weighted by molar-refractivity contribution is -0.121. The van der Waals surface area contributed by atoms with E-state index >= 15 is 0 Å². The Labute approximate surface area is 329 Å². The minimum Gasteiger partial charge on any atom is -0.461 e. The van der Waals surface area contributed by atoms with Crippen molar-refractivity contribution in [3.05, 3.63) is 153 Å². The lowest BCUT2D eigenvalue weighted by Gasteiger charge is -2.27. The van der Waals surface area contributed by atoms with E-state index in [1.807, 2.05) is 73.0 Å². The zero-order valence-electron chi connectivity index (χ0n) is 30.2. The van der Waals surface area contributed by atoms with Crippen LogP contribution in [0, 0.1) is 6.92 Å². The van der Waals surface area contributed by atoms with Crippen LogP contribution in [0.3, 0.4) is 0 Å². The molecule has 4 amide bonds. The molecule has 56 heavy (non-hydrogen) atoms. The van der Waals surface area contributed by atoms with Crippen molar-refractivity contribution >= 4 is 62.5 Å². The minimum absolute atomic E-state index is 0.0864. The number of rotatable bonds is 11. The van der Waals surface area contributed by atoms with Crippen molar-refractivity contribution in [3.63, 3.8) is 0 Å². The number of esters is 1. The van der Waals surface area contributed by atoms with Crippen molar-refractivity contribution in [3.8, 4) is 11.1 Å². The van der Waals surface area contributed by atoms with Crippen LogP contribution in [0.15, 0.2) is 108 Å². The second kappa shape index (κ2) is 15.3. The quantitative estimate of drug-likeness (QED) is 0.129. The number of thiazole rings is 2. The number of aryl methyl sites for hydroxylation is 1. The Kier molecular flexibility index (Phi) is 9.98. The molecule has 4 heterocycles. The molecule has 2 aliphatic heterocycles. The first-order valence-electron chi connectivity index (χ1n) is 17.8. The number of nitrogens with one attached hydrogen (secondary N) is 2. The number of fused-ring (bicyclic) bond motifs is 2. The van der Waals surface area contributed by atoms with Gasteiger partial charge in [0.05, 0.1) is 12.3 Å². The summed E-state index contributed by atoms with van der Waals surface area (Å²) in [7, 11) is 0. The summed E-state index contributed by atoms with van der Waals surface area (Å²) in [6.45, 7) is 4.19. The van der Waals surface area contributed by atoms with Gasteiger partial charge in [0.15, 0.2) is 16.0 Å². The lowest BCUT2D eigenvalue weighted by Crippen LogP contribution is -2.37. The summed E-state index contributed by atoms with van der Waals surface area (Å²) >= 11 is 2.40. The number of amides is 4. The highest BCUT2D eigenvalue weighted by molar-refractivity contribution is 7.14. The fraction of sp³-hybridized carbons (Fsp3) is 0.167. The Morgan fingerprint density at radius 3 is 2.00 bits per heavy atom. The molecular weight excluding hydrogens is 749 g/mol. The van der Waals surface area contributed by atoms with Crippen LogP contribution < -0.4 is 10.6 Å². The van der Waals surface area contributed by atoms with E-state index in [0.717, 1.165) is 39.3 Å². The highest BCUT2D eigenvalue weighted by Gasteiger charge is 2.39. The summed E-state index contributed by atoms with van der Waals surface area (Å²) in [6, 6.07) is 27.4. The van der Waals surface area contributed by atoms with Crippen LogP contribution in [-0.2, 0) is 27.4 Å². The smallest absolute Gasteiger partial charge is 0.357 e. The van der Waals surface area contributed by atoms with Crippen LogP contribution >= 0.6 is 22.7 Å². The normalized spacial score (nSPS) is 14.2. The van der Waals surface area contributed by atoms with Crippen LogP contribution in [-0.4, -0.2) is 56.0 Å². The Balaban J connectivity index is 1.08. The molecule has 8 rings (SSSR count). The third-order valence-electron chi connectivity index (χ3n) is 9.63. The van der Waals surface area contributed by atoms with Crippen LogP contribution in [0.4, 0.5) is 10.3 Å². The van der Waals surface area contributed by atoms with Gasteiger partial charge in [-0.15, -0.1) is 22.7 Å². The second-order valence-electron chi connectivity index (χ2n) is 13.3. The van der Waals surface area contributed by atoms with Crippen molar-refractivity contribution in [2.45, 2.75) is 39.0 Å². The first-order valence-corrected chi connectivity index (χ1v) is 19.6.